The van der Waals surface area contributed by atoms with Crippen LogP contribution in [0.1, 0.15) is 36.6 Å². The van der Waals surface area contributed by atoms with Gasteiger partial charge < -0.3 is 19.5 Å². The van der Waals surface area contributed by atoms with E-state index in [2.05, 4.69) is 18.7 Å². The van der Waals surface area contributed by atoms with Crippen LogP contribution in [0, 0.1) is 6.92 Å². The van der Waals surface area contributed by atoms with Gasteiger partial charge in [-0.1, -0.05) is 23.7 Å². The molecule has 1 heterocycles. The summed E-state index contributed by atoms with van der Waals surface area (Å²) in [5.41, 5.74) is 3.17. The van der Waals surface area contributed by atoms with Gasteiger partial charge >= 0.3 is 0 Å². The highest BCUT2D eigenvalue weighted by molar-refractivity contribution is 6.51. The van der Waals surface area contributed by atoms with Crippen LogP contribution < -0.4 is 19.3 Å². The maximum atomic E-state index is 13.5. The van der Waals surface area contributed by atoms with Crippen molar-refractivity contribution in [1.82, 2.24) is 0 Å². The fourth-order valence-corrected chi connectivity index (χ4v) is 5.22. The van der Waals surface area contributed by atoms with E-state index in [9.17, 15) is 14.7 Å². The van der Waals surface area contributed by atoms with Crippen LogP contribution in [-0.4, -0.2) is 44.1 Å². The number of carbonyl (C=O) groups excluding carboxylic acids is 2. The zero-order valence-corrected chi connectivity index (χ0v) is 22.9. The summed E-state index contributed by atoms with van der Waals surface area (Å²) in [7, 11) is 2.99. The van der Waals surface area contributed by atoms with Crippen molar-refractivity contribution in [2.45, 2.75) is 26.8 Å². The lowest BCUT2D eigenvalue weighted by Gasteiger charge is -2.27. The summed E-state index contributed by atoms with van der Waals surface area (Å²) in [6, 6.07) is 17.1. The van der Waals surface area contributed by atoms with Gasteiger partial charge in [-0.3, -0.25) is 14.5 Å². The first-order valence-corrected chi connectivity index (χ1v) is 12.8. The van der Waals surface area contributed by atoms with Gasteiger partial charge in [0.2, 0.25) is 0 Å². The van der Waals surface area contributed by atoms with Gasteiger partial charge in [-0.2, -0.15) is 0 Å². The maximum absolute atomic E-state index is 13.5. The van der Waals surface area contributed by atoms with E-state index < -0.39 is 17.7 Å². The molecular formula is C30H31ClN2O5. The lowest BCUT2D eigenvalue weighted by Crippen LogP contribution is -2.29. The van der Waals surface area contributed by atoms with Crippen LogP contribution in [0.15, 0.2) is 66.2 Å². The van der Waals surface area contributed by atoms with E-state index in [1.54, 1.807) is 43.5 Å². The van der Waals surface area contributed by atoms with Gasteiger partial charge in [-0.25, -0.2) is 0 Å². The molecule has 1 N–H and O–H groups in total. The summed E-state index contributed by atoms with van der Waals surface area (Å²) in [5.74, 6) is -1.05. The smallest absolute Gasteiger partial charge is 0.300 e. The van der Waals surface area contributed by atoms with Gasteiger partial charge in [0.25, 0.3) is 11.7 Å². The van der Waals surface area contributed by atoms with Crippen molar-refractivity contribution < 1.29 is 24.2 Å². The molecule has 0 bridgehead atoms. The van der Waals surface area contributed by atoms with Gasteiger partial charge in [0.1, 0.15) is 17.3 Å². The first-order chi connectivity index (χ1) is 18.2. The topological polar surface area (TPSA) is 79.3 Å². The van der Waals surface area contributed by atoms with Crippen LogP contribution in [0.5, 0.6) is 11.5 Å². The maximum Gasteiger partial charge on any atom is 0.300 e. The SMILES string of the molecule is CCN(CC)c1ccc(C2/C(=C(\O)c3cc(C)cc(Cl)c3OC)C(=O)C(=O)N2c2ccc(OC)cc2)cc1. The summed E-state index contributed by atoms with van der Waals surface area (Å²) >= 11 is 6.39. The van der Waals surface area contributed by atoms with E-state index in [0.29, 0.717) is 22.0 Å². The highest BCUT2D eigenvalue weighted by Crippen LogP contribution is 2.45. The Labute approximate surface area is 227 Å². The van der Waals surface area contributed by atoms with Crippen molar-refractivity contribution in [3.63, 3.8) is 0 Å². The molecule has 1 saturated heterocycles. The minimum Gasteiger partial charge on any atom is -0.507 e. The molecule has 1 aliphatic heterocycles. The molecule has 1 aliphatic rings. The Morgan fingerprint density at radius 3 is 2.16 bits per heavy atom. The second-order valence-corrected chi connectivity index (χ2v) is 9.37. The molecule has 4 rings (SSSR count). The zero-order chi connectivity index (χ0) is 27.6. The number of Topliss-reactive ketones (excluding diaryl/α,β-unsaturated/α-hetero) is 1. The van der Waals surface area contributed by atoms with E-state index in [4.69, 9.17) is 21.1 Å². The Hall–Kier alpha value is -3.97. The third kappa shape index (κ3) is 4.82. The van der Waals surface area contributed by atoms with Crippen LogP contribution in [0.25, 0.3) is 5.76 Å². The van der Waals surface area contributed by atoms with Gasteiger partial charge in [-0.05, 0) is 80.4 Å². The lowest BCUT2D eigenvalue weighted by molar-refractivity contribution is -0.132. The molecule has 1 unspecified atom stereocenters. The molecule has 0 aliphatic carbocycles. The number of amides is 1. The van der Waals surface area contributed by atoms with Crippen molar-refractivity contribution in [1.29, 1.82) is 0 Å². The molecule has 0 spiro atoms. The number of ketones is 1. The van der Waals surface area contributed by atoms with Crippen molar-refractivity contribution in [2.24, 2.45) is 0 Å². The Morgan fingerprint density at radius 1 is 0.974 bits per heavy atom. The second kappa shape index (κ2) is 11.2. The molecule has 8 heteroatoms. The van der Waals surface area contributed by atoms with Gasteiger partial charge in [0.05, 0.1) is 36.4 Å². The summed E-state index contributed by atoms with van der Waals surface area (Å²) in [4.78, 5) is 30.6. The minimum absolute atomic E-state index is 0.0404. The van der Waals surface area contributed by atoms with Crippen LogP contribution in [0.4, 0.5) is 11.4 Å². The predicted molar refractivity (Wildman–Crippen MR) is 151 cm³/mol. The number of benzene rings is 3. The molecule has 0 aromatic heterocycles. The molecule has 198 valence electrons. The number of hydrogen-bond donors (Lipinski definition) is 1. The molecule has 7 nitrogen and oxygen atoms in total. The molecule has 0 radical (unpaired) electrons. The number of aryl methyl sites for hydroxylation is 1. The van der Waals surface area contributed by atoms with Crippen LogP contribution in [-0.2, 0) is 9.59 Å². The third-order valence-corrected chi connectivity index (χ3v) is 7.06. The van der Waals surface area contributed by atoms with Gasteiger partial charge in [0.15, 0.2) is 0 Å². The van der Waals surface area contributed by atoms with Crippen molar-refractivity contribution in [3.8, 4) is 11.5 Å². The standard InChI is InChI=1S/C30H31ClN2O5/c1-6-32(7-2)20-10-8-19(9-11-20)26-25(27(34)23-16-18(3)17-24(31)29(23)38-5)28(35)30(36)33(26)21-12-14-22(37-4)15-13-21/h8-17,26,34H,6-7H2,1-5H3/b27-25+. The highest BCUT2D eigenvalue weighted by Gasteiger charge is 2.47. The Morgan fingerprint density at radius 2 is 1.61 bits per heavy atom. The van der Waals surface area contributed by atoms with E-state index in [1.807, 2.05) is 31.2 Å². The van der Waals surface area contributed by atoms with Crippen LogP contribution >= 0.6 is 11.6 Å². The summed E-state index contributed by atoms with van der Waals surface area (Å²) in [5, 5.41) is 11.9. The summed E-state index contributed by atoms with van der Waals surface area (Å²) in [6.45, 7) is 7.66. The van der Waals surface area contributed by atoms with E-state index in [1.165, 1.54) is 12.0 Å². The Bertz CT molecular complexity index is 1380. The highest BCUT2D eigenvalue weighted by atomic mass is 35.5. The lowest BCUT2D eigenvalue weighted by atomic mass is 9.94. The number of aliphatic hydroxyl groups excluding tert-OH is 1. The molecule has 3 aromatic rings. The van der Waals surface area contributed by atoms with Crippen LogP contribution in [0.2, 0.25) is 5.02 Å². The third-order valence-electron chi connectivity index (χ3n) is 6.78. The quantitative estimate of drug-likeness (QED) is 0.212. The van der Waals surface area contributed by atoms with E-state index in [-0.39, 0.29) is 22.6 Å². The molecule has 1 fully saturated rings. The number of aliphatic hydroxyl groups is 1. The number of anilines is 2. The first-order valence-electron chi connectivity index (χ1n) is 12.4. The Kier molecular flexibility index (Phi) is 7.97. The van der Waals surface area contributed by atoms with E-state index in [0.717, 1.165) is 24.3 Å². The number of rotatable bonds is 8. The molecule has 38 heavy (non-hydrogen) atoms. The molecule has 3 aromatic carbocycles. The first kappa shape index (κ1) is 27.1. The summed E-state index contributed by atoms with van der Waals surface area (Å²) in [6.07, 6.45) is 0. The number of carbonyl (C=O) groups is 2. The van der Waals surface area contributed by atoms with Crippen molar-refractivity contribution >= 4 is 40.4 Å². The number of hydrogen-bond acceptors (Lipinski definition) is 6. The number of halogens is 1. The molecule has 1 atom stereocenters. The number of ether oxygens (including phenoxy) is 2. The normalized spacial score (nSPS) is 16.6. The fourth-order valence-electron chi connectivity index (χ4n) is 4.87. The average Bonchev–Trinajstić information content (AvgIpc) is 3.19. The minimum atomic E-state index is -0.877. The fraction of sp³-hybridized carbons (Fsp3) is 0.267. The van der Waals surface area contributed by atoms with Gasteiger partial charge in [0, 0.05) is 24.5 Å². The Balaban J connectivity index is 1.95. The number of nitrogens with zero attached hydrogens (tertiary/aromatic N) is 2. The predicted octanol–water partition coefficient (Wildman–Crippen LogP) is 6.14. The largest absolute Gasteiger partial charge is 0.507 e. The van der Waals surface area contributed by atoms with Crippen molar-refractivity contribution in [2.75, 3.05) is 37.1 Å². The average molecular weight is 535 g/mol. The molecular weight excluding hydrogens is 504 g/mol. The van der Waals surface area contributed by atoms with Crippen LogP contribution in [0.3, 0.4) is 0 Å². The monoisotopic (exact) mass is 534 g/mol. The number of methoxy groups -OCH3 is 2. The van der Waals surface area contributed by atoms with Gasteiger partial charge in [-0.15, -0.1) is 0 Å². The zero-order valence-electron chi connectivity index (χ0n) is 22.1. The van der Waals surface area contributed by atoms with Crippen molar-refractivity contribution in [3.05, 3.63) is 87.9 Å². The summed E-state index contributed by atoms with van der Waals surface area (Å²) < 4.78 is 10.7. The molecule has 1 amide bonds. The second-order valence-electron chi connectivity index (χ2n) is 8.96. The van der Waals surface area contributed by atoms with E-state index >= 15 is 0 Å². The molecule has 0 saturated carbocycles.